The molecule has 1 aliphatic heterocycles. The smallest absolute Gasteiger partial charge is 0.257 e. The second-order valence-electron chi connectivity index (χ2n) is 7.70. The van der Waals surface area contributed by atoms with Gasteiger partial charge in [-0.15, -0.1) is 0 Å². The van der Waals surface area contributed by atoms with Crippen LogP contribution in [0.3, 0.4) is 0 Å². The van der Waals surface area contributed by atoms with Crippen LogP contribution in [0.2, 0.25) is 0 Å². The van der Waals surface area contributed by atoms with Crippen molar-refractivity contribution in [1.29, 1.82) is 0 Å². The van der Waals surface area contributed by atoms with Crippen LogP contribution in [0.1, 0.15) is 30.5 Å². The highest BCUT2D eigenvalue weighted by atomic mass is 16.2. The molecule has 2 aromatic carbocycles. The molecule has 0 saturated carbocycles. The van der Waals surface area contributed by atoms with Crippen molar-refractivity contribution in [3.05, 3.63) is 101 Å². The van der Waals surface area contributed by atoms with Crippen LogP contribution in [-0.2, 0) is 16.0 Å². The molecular weight excluding hydrogens is 414 g/mol. The number of allylic oxidation sites excluding steroid dienone is 3. The predicted octanol–water partition coefficient (Wildman–Crippen LogP) is 4.87. The van der Waals surface area contributed by atoms with E-state index in [9.17, 15) is 9.59 Å². The Morgan fingerprint density at radius 2 is 1.97 bits per heavy atom. The SMILES string of the molecule is C/C=C\C=C(/C)C(=O)Nc1cccc(Cc2ccc3c(c2)/C(=C/Nc2cc[nH]n2)C(=O)N3)c1. The third-order valence-corrected chi connectivity index (χ3v) is 5.22. The Morgan fingerprint density at radius 3 is 2.76 bits per heavy atom. The second kappa shape index (κ2) is 9.82. The van der Waals surface area contributed by atoms with Crippen molar-refractivity contribution in [2.75, 3.05) is 16.0 Å². The Kier molecular flexibility index (Phi) is 6.50. The van der Waals surface area contributed by atoms with Crippen molar-refractivity contribution in [1.82, 2.24) is 10.2 Å². The number of rotatable bonds is 7. The van der Waals surface area contributed by atoms with Crippen molar-refractivity contribution in [3.63, 3.8) is 0 Å². The highest BCUT2D eigenvalue weighted by Crippen LogP contribution is 2.33. The van der Waals surface area contributed by atoms with Gasteiger partial charge in [0.15, 0.2) is 5.82 Å². The molecule has 0 radical (unpaired) electrons. The molecule has 1 aromatic heterocycles. The molecular formula is C26H25N5O2. The van der Waals surface area contributed by atoms with Gasteiger partial charge in [0, 0.05) is 41.0 Å². The first-order valence-electron chi connectivity index (χ1n) is 10.6. The quantitative estimate of drug-likeness (QED) is 0.312. The minimum Gasteiger partial charge on any atom is -0.344 e. The highest BCUT2D eigenvalue weighted by Gasteiger charge is 2.24. The maximum absolute atomic E-state index is 12.4. The van der Waals surface area contributed by atoms with E-state index in [1.165, 1.54) is 0 Å². The Labute approximate surface area is 192 Å². The Hall–Kier alpha value is -4.39. The molecule has 3 aromatic rings. The lowest BCUT2D eigenvalue weighted by atomic mass is 9.99. The number of H-pyrrole nitrogens is 1. The average Bonchev–Trinajstić information content (AvgIpc) is 3.43. The zero-order valence-corrected chi connectivity index (χ0v) is 18.5. The van der Waals surface area contributed by atoms with Gasteiger partial charge in [0.2, 0.25) is 0 Å². The van der Waals surface area contributed by atoms with Crippen LogP contribution in [0.15, 0.2) is 84.7 Å². The number of benzene rings is 2. The monoisotopic (exact) mass is 439 g/mol. The van der Waals surface area contributed by atoms with Crippen molar-refractivity contribution in [3.8, 4) is 0 Å². The molecule has 166 valence electrons. The first-order chi connectivity index (χ1) is 16.0. The predicted molar refractivity (Wildman–Crippen MR) is 132 cm³/mol. The number of aromatic nitrogens is 2. The number of hydrogen-bond acceptors (Lipinski definition) is 4. The number of anilines is 3. The van der Waals surface area contributed by atoms with Crippen LogP contribution in [0, 0.1) is 0 Å². The maximum atomic E-state index is 12.4. The van der Waals surface area contributed by atoms with Crippen molar-refractivity contribution in [2.45, 2.75) is 20.3 Å². The summed E-state index contributed by atoms with van der Waals surface area (Å²) >= 11 is 0. The fraction of sp³-hybridized carbons (Fsp3) is 0.115. The van der Waals surface area contributed by atoms with Gasteiger partial charge in [-0.05, 0) is 55.7 Å². The van der Waals surface area contributed by atoms with Gasteiger partial charge in [-0.1, -0.05) is 36.4 Å². The van der Waals surface area contributed by atoms with Crippen molar-refractivity contribution >= 4 is 34.6 Å². The molecule has 0 saturated heterocycles. The Morgan fingerprint density at radius 1 is 1.12 bits per heavy atom. The first kappa shape index (κ1) is 21.8. The number of nitrogens with zero attached hydrogens (tertiary/aromatic N) is 1. The Bertz CT molecular complexity index is 1270. The van der Waals surface area contributed by atoms with Crippen LogP contribution in [-0.4, -0.2) is 22.0 Å². The van der Waals surface area contributed by atoms with E-state index >= 15 is 0 Å². The van der Waals surface area contributed by atoms with E-state index < -0.39 is 0 Å². The second-order valence-corrected chi connectivity index (χ2v) is 7.70. The van der Waals surface area contributed by atoms with E-state index in [1.54, 1.807) is 31.5 Å². The molecule has 0 aliphatic carbocycles. The molecule has 2 amide bonds. The Balaban J connectivity index is 1.50. The summed E-state index contributed by atoms with van der Waals surface area (Å²) in [7, 11) is 0. The molecule has 7 nitrogen and oxygen atoms in total. The standard InChI is InChI=1S/C26H25N5O2/c1-3-4-6-17(2)25(32)29-20-8-5-7-18(14-20)13-19-9-10-23-21(15-19)22(26(33)30-23)16-27-24-11-12-28-31-24/h3-12,14-16H,13H2,1-2H3,(H,29,32)(H,30,33)(H2,27,28,31)/b4-3-,17-6+,22-16-. The summed E-state index contributed by atoms with van der Waals surface area (Å²) in [5, 5.41) is 15.6. The fourth-order valence-electron chi connectivity index (χ4n) is 3.52. The molecule has 2 heterocycles. The van der Waals surface area contributed by atoms with Crippen molar-refractivity contribution < 1.29 is 9.59 Å². The molecule has 0 atom stereocenters. The van der Waals surface area contributed by atoms with E-state index in [-0.39, 0.29) is 11.8 Å². The maximum Gasteiger partial charge on any atom is 0.257 e. The zero-order valence-electron chi connectivity index (χ0n) is 18.5. The van der Waals surface area contributed by atoms with Crippen LogP contribution in [0.25, 0.3) is 5.57 Å². The lowest BCUT2D eigenvalue weighted by Crippen LogP contribution is -2.12. The van der Waals surface area contributed by atoms with Gasteiger partial charge >= 0.3 is 0 Å². The third kappa shape index (κ3) is 5.27. The molecule has 0 unspecified atom stereocenters. The van der Waals surface area contributed by atoms with E-state index in [2.05, 4.69) is 26.1 Å². The fourth-order valence-corrected chi connectivity index (χ4v) is 3.52. The largest absolute Gasteiger partial charge is 0.344 e. The molecule has 0 fully saturated rings. The van der Waals surface area contributed by atoms with Gasteiger partial charge in [0.25, 0.3) is 11.8 Å². The van der Waals surface area contributed by atoms with E-state index in [1.807, 2.05) is 61.5 Å². The van der Waals surface area contributed by atoms with Crippen LogP contribution in [0.5, 0.6) is 0 Å². The van der Waals surface area contributed by atoms with E-state index in [4.69, 9.17) is 0 Å². The number of carbonyl (C=O) groups is 2. The van der Waals surface area contributed by atoms with Gasteiger partial charge < -0.3 is 16.0 Å². The number of aromatic amines is 1. The number of carbonyl (C=O) groups excluding carboxylic acids is 2. The van der Waals surface area contributed by atoms with Crippen LogP contribution in [0.4, 0.5) is 17.2 Å². The summed E-state index contributed by atoms with van der Waals surface area (Å²) in [5.74, 6) is 0.345. The summed E-state index contributed by atoms with van der Waals surface area (Å²) in [4.78, 5) is 24.8. The minimum absolute atomic E-state index is 0.133. The van der Waals surface area contributed by atoms with Gasteiger partial charge in [-0.25, -0.2) is 0 Å². The van der Waals surface area contributed by atoms with E-state index in [0.717, 1.165) is 28.1 Å². The normalized spacial score (nSPS) is 14.4. The molecule has 33 heavy (non-hydrogen) atoms. The van der Waals surface area contributed by atoms with Gasteiger partial charge in [0.1, 0.15) is 0 Å². The van der Waals surface area contributed by atoms with E-state index in [0.29, 0.717) is 23.4 Å². The topological polar surface area (TPSA) is 98.9 Å². The summed E-state index contributed by atoms with van der Waals surface area (Å²) in [6.45, 7) is 3.69. The summed E-state index contributed by atoms with van der Waals surface area (Å²) in [5.41, 5.74) is 5.67. The van der Waals surface area contributed by atoms with Crippen molar-refractivity contribution in [2.24, 2.45) is 0 Å². The van der Waals surface area contributed by atoms with Gasteiger partial charge in [0.05, 0.1) is 5.57 Å². The summed E-state index contributed by atoms with van der Waals surface area (Å²) < 4.78 is 0. The average molecular weight is 440 g/mol. The van der Waals surface area contributed by atoms with Gasteiger partial charge in [-0.2, -0.15) is 5.10 Å². The van der Waals surface area contributed by atoms with Crippen LogP contribution >= 0.6 is 0 Å². The number of amides is 2. The third-order valence-electron chi connectivity index (χ3n) is 5.22. The number of fused-ring (bicyclic) bond motifs is 1. The number of nitrogens with one attached hydrogen (secondary N) is 4. The minimum atomic E-state index is -0.156. The van der Waals surface area contributed by atoms with Gasteiger partial charge in [-0.3, -0.25) is 14.7 Å². The molecule has 4 rings (SSSR count). The lowest BCUT2D eigenvalue weighted by Gasteiger charge is -2.09. The number of hydrogen-bond donors (Lipinski definition) is 4. The molecule has 1 aliphatic rings. The summed E-state index contributed by atoms with van der Waals surface area (Å²) in [6, 6.07) is 15.5. The molecule has 0 spiro atoms. The molecule has 0 bridgehead atoms. The molecule has 4 N–H and O–H groups in total. The molecule has 7 heteroatoms. The summed E-state index contributed by atoms with van der Waals surface area (Å²) in [6.07, 6.45) is 9.54. The van der Waals surface area contributed by atoms with Crippen LogP contribution < -0.4 is 16.0 Å². The highest BCUT2D eigenvalue weighted by molar-refractivity contribution is 6.31. The zero-order chi connectivity index (χ0) is 23.2. The lowest BCUT2D eigenvalue weighted by molar-refractivity contribution is -0.113. The first-order valence-corrected chi connectivity index (χ1v) is 10.6.